The Morgan fingerprint density at radius 3 is 2.47 bits per heavy atom. The van der Waals surface area contributed by atoms with Gasteiger partial charge < -0.3 is 19.4 Å². The Morgan fingerprint density at radius 1 is 1.00 bits per heavy atom. The number of nitrogens with zero attached hydrogens (tertiary/aromatic N) is 5. The van der Waals surface area contributed by atoms with Crippen molar-refractivity contribution < 1.29 is 9.53 Å². The molecule has 4 rings (SSSR count). The Labute approximate surface area is 178 Å². The van der Waals surface area contributed by atoms with Gasteiger partial charge in [-0.3, -0.25) is 4.79 Å². The van der Waals surface area contributed by atoms with E-state index >= 15 is 0 Å². The molecule has 2 aliphatic heterocycles. The van der Waals surface area contributed by atoms with Crippen molar-refractivity contribution in [3.05, 3.63) is 41.6 Å². The molecule has 0 spiro atoms. The zero-order valence-electron chi connectivity index (χ0n) is 18.0. The molecule has 0 saturated carbocycles. The molecule has 1 aromatic heterocycles. The van der Waals surface area contributed by atoms with Crippen LogP contribution >= 0.6 is 0 Å². The monoisotopic (exact) mass is 409 g/mol. The smallest absolute Gasteiger partial charge is 0.227 e. The van der Waals surface area contributed by atoms with Crippen LogP contribution < -0.4 is 14.5 Å². The van der Waals surface area contributed by atoms with E-state index in [1.54, 1.807) is 7.11 Å². The van der Waals surface area contributed by atoms with E-state index in [2.05, 4.69) is 14.8 Å². The summed E-state index contributed by atoms with van der Waals surface area (Å²) in [6.07, 6.45) is 6.00. The highest BCUT2D eigenvalue weighted by atomic mass is 16.5. The zero-order valence-corrected chi connectivity index (χ0v) is 18.0. The van der Waals surface area contributed by atoms with Crippen molar-refractivity contribution >= 4 is 17.7 Å². The highest BCUT2D eigenvalue weighted by molar-refractivity contribution is 5.79. The van der Waals surface area contributed by atoms with Crippen LogP contribution in [0.3, 0.4) is 0 Å². The predicted molar refractivity (Wildman–Crippen MR) is 118 cm³/mol. The molecule has 2 aliphatic rings. The van der Waals surface area contributed by atoms with Crippen molar-refractivity contribution in [2.24, 2.45) is 0 Å². The molecule has 3 heterocycles. The lowest BCUT2D eigenvalue weighted by Gasteiger charge is -2.36. The fourth-order valence-electron chi connectivity index (χ4n) is 4.28. The SMILES string of the molecule is COc1ccc(CC(=O)N2CCN(c3ccnc(N4CCCCC4)n3)CC2)cc1C. The van der Waals surface area contributed by atoms with Crippen LogP contribution in [0.2, 0.25) is 0 Å². The van der Waals surface area contributed by atoms with E-state index in [0.717, 1.165) is 67.9 Å². The number of aromatic nitrogens is 2. The number of amides is 1. The third-order valence-electron chi connectivity index (χ3n) is 6.04. The molecule has 0 radical (unpaired) electrons. The van der Waals surface area contributed by atoms with E-state index in [1.165, 1.54) is 19.3 Å². The fraction of sp³-hybridized carbons (Fsp3) is 0.522. The van der Waals surface area contributed by atoms with Crippen LogP contribution in [0.25, 0.3) is 0 Å². The van der Waals surface area contributed by atoms with E-state index in [1.807, 2.05) is 42.3 Å². The maximum atomic E-state index is 12.8. The summed E-state index contributed by atoms with van der Waals surface area (Å²) in [5.74, 6) is 2.83. The first-order chi connectivity index (χ1) is 14.6. The molecule has 2 aromatic rings. The zero-order chi connectivity index (χ0) is 20.9. The standard InChI is InChI=1S/C23H31N5O2/c1-18-16-19(6-7-20(18)30-2)17-22(29)27-14-12-26(13-15-27)21-8-9-24-23(25-21)28-10-4-3-5-11-28/h6-9,16H,3-5,10-15,17H2,1-2H3. The molecule has 7 nitrogen and oxygen atoms in total. The van der Waals surface area contributed by atoms with Gasteiger partial charge in [-0.25, -0.2) is 4.98 Å². The van der Waals surface area contributed by atoms with Gasteiger partial charge >= 0.3 is 0 Å². The van der Waals surface area contributed by atoms with Crippen molar-refractivity contribution in [1.29, 1.82) is 0 Å². The third kappa shape index (κ3) is 4.66. The number of benzene rings is 1. The van der Waals surface area contributed by atoms with Gasteiger partial charge in [-0.1, -0.05) is 12.1 Å². The van der Waals surface area contributed by atoms with Gasteiger partial charge in [0.05, 0.1) is 13.5 Å². The van der Waals surface area contributed by atoms with Gasteiger partial charge in [-0.05, 0) is 49.4 Å². The molecule has 160 valence electrons. The molecule has 30 heavy (non-hydrogen) atoms. The number of rotatable bonds is 5. The van der Waals surface area contributed by atoms with Crippen molar-refractivity contribution in [1.82, 2.24) is 14.9 Å². The van der Waals surface area contributed by atoms with Gasteiger partial charge in [-0.15, -0.1) is 0 Å². The fourth-order valence-corrected chi connectivity index (χ4v) is 4.28. The second kappa shape index (κ2) is 9.32. The van der Waals surface area contributed by atoms with E-state index in [0.29, 0.717) is 6.42 Å². The molecule has 2 saturated heterocycles. The quantitative estimate of drug-likeness (QED) is 0.757. The minimum atomic E-state index is 0.177. The highest BCUT2D eigenvalue weighted by Gasteiger charge is 2.23. The Morgan fingerprint density at radius 2 is 1.77 bits per heavy atom. The molecular weight excluding hydrogens is 378 g/mol. The number of hydrogen-bond donors (Lipinski definition) is 0. The van der Waals surface area contributed by atoms with E-state index < -0.39 is 0 Å². The summed E-state index contributed by atoms with van der Waals surface area (Å²) in [7, 11) is 1.67. The van der Waals surface area contributed by atoms with E-state index in [-0.39, 0.29) is 5.91 Å². The molecule has 0 bridgehead atoms. The summed E-state index contributed by atoms with van der Waals surface area (Å²) in [5.41, 5.74) is 2.09. The van der Waals surface area contributed by atoms with Crippen LogP contribution in [0.1, 0.15) is 30.4 Å². The summed E-state index contributed by atoms with van der Waals surface area (Å²) in [6, 6.07) is 7.93. The van der Waals surface area contributed by atoms with Gasteiger partial charge in [0, 0.05) is 45.5 Å². The van der Waals surface area contributed by atoms with Crippen molar-refractivity contribution in [3.63, 3.8) is 0 Å². The Kier molecular flexibility index (Phi) is 6.35. The summed E-state index contributed by atoms with van der Waals surface area (Å²) in [6.45, 7) is 7.11. The second-order valence-electron chi connectivity index (χ2n) is 8.11. The van der Waals surface area contributed by atoms with Gasteiger partial charge in [0.1, 0.15) is 11.6 Å². The molecule has 0 N–H and O–H groups in total. The first-order valence-electron chi connectivity index (χ1n) is 10.9. The maximum absolute atomic E-state index is 12.8. The second-order valence-corrected chi connectivity index (χ2v) is 8.11. The molecule has 0 atom stereocenters. The number of aryl methyl sites for hydroxylation is 1. The Hall–Kier alpha value is -2.83. The summed E-state index contributed by atoms with van der Waals surface area (Å²) in [5, 5.41) is 0. The van der Waals surface area contributed by atoms with Crippen molar-refractivity contribution in [3.8, 4) is 5.75 Å². The van der Waals surface area contributed by atoms with Gasteiger partial charge in [-0.2, -0.15) is 4.98 Å². The van der Waals surface area contributed by atoms with Gasteiger partial charge in [0.15, 0.2) is 0 Å². The predicted octanol–water partition coefficient (Wildman–Crippen LogP) is 2.68. The van der Waals surface area contributed by atoms with Crippen LogP contribution in [0, 0.1) is 6.92 Å². The average Bonchev–Trinajstić information content (AvgIpc) is 2.80. The Bertz CT molecular complexity index is 874. The number of ether oxygens (including phenoxy) is 1. The van der Waals surface area contributed by atoms with Crippen LogP contribution in [0.4, 0.5) is 11.8 Å². The van der Waals surface area contributed by atoms with Crippen LogP contribution in [-0.4, -0.2) is 67.2 Å². The summed E-state index contributed by atoms with van der Waals surface area (Å²) >= 11 is 0. The third-order valence-corrected chi connectivity index (χ3v) is 6.04. The number of piperazine rings is 1. The normalized spacial score (nSPS) is 17.2. The highest BCUT2D eigenvalue weighted by Crippen LogP contribution is 2.21. The number of carbonyl (C=O) groups excluding carboxylic acids is 1. The Balaban J connectivity index is 1.33. The topological polar surface area (TPSA) is 61.8 Å². The summed E-state index contributed by atoms with van der Waals surface area (Å²) in [4.78, 5) is 28.6. The first kappa shape index (κ1) is 20.4. The van der Waals surface area contributed by atoms with Crippen LogP contribution in [-0.2, 0) is 11.2 Å². The van der Waals surface area contributed by atoms with Gasteiger partial charge in [0.25, 0.3) is 0 Å². The van der Waals surface area contributed by atoms with E-state index in [9.17, 15) is 4.79 Å². The van der Waals surface area contributed by atoms with Crippen LogP contribution in [0.15, 0.2) is 30.5 Å². The largest absolute Gasteiger partial charge is 0.496 e. The number of anilines is 2. The lowest BCUT2D eigenvalue weighted by atomic mass is 10.1. The van der Waals surface area contributed by atoms with Crippen molar-refractivity contribution in [2.45, 2.75) is 32.6 Å². The number of carbonyl (C=O) groups is 1. The molecule has 0 unspecified atom stereocenters. The number of hydrogen-bond acceptors (Lipinski definition) is 6. The molecule has 0 aliphatic carbocycles. The number of piperidine rings is 1. The number of methoxy groups -OCH3 is 1. The van der Waals surface area contributed by atoms with Gasteiger partial charge in [0.2, 0.25) is 11.9 Å². The van der Waals surface area contributed by atoms with Crippen molar-refractivity contribution in [2.75, 3.05) is 56.2 Å². The first-order valence-corrected chi connectivity index (χ1v) is 10.9. The molecule has 1 amide bonds. The van der Waals surface area contributed by atoms with Crippen LogP contribution in [0.5, 0.6) is 5.75 Å². The molecule has 2 fully saturated rings. The molecule has 7 heteroatoms. The minimum Gasteiger partial charge on any atom is -0.496 e. The lowest BCUT2D eigenvalue weighted by Crippen LogP contribution is -2.49. The summed E-state index contributed by atoms with van der Waals surface area (Å²) < 4.78 is 5.31. The van der Waals surface area contributed by atoms with E-state index in [4.69, 9.17) is 9.72 Å². The average molecular weight is 410 g/mol. The maximum Gasteiger partial charge on any atom is 0.227 e. The molecule has 1 aromatic carbocycles. The minimum absolute atomic E-state index is 0.177. The lowest BCUT2D eigenvalue weighted by molar-refractivity contribution is -0.130. The molecular formula is C23H31N5O2.